The monoisotopic (exact) mass is 304 g/mol. The van der Waals surface area contributed by atoms with E-state index in [1.807, 2.05) is 20.8 Å². The van der Waals surface area contributed by atoms with Crippen molar-refractivity contribution in [1.82, 2.24) is 10.3 Å². The van der Waals surface area contributed by atoms with E-state index in [9.17, 15) is 4.79 Å². The van der Waals surface area contributed by atoms with Gasteiger partial charge in [0.2, 0.25) is 0 Å². The van der Waals surface area contributed by atoms with E-state index in [1.165, 1.54) is 6.07 Å². The Morgan fingerprint density at radius 2 is 2.11 bits per heavy atom. The van der Waals surface area contributed by atoms with Crippen LogP contribution in [-0.2, 0) is 4.74 Å². The van der Waals surface area contributed by atoms with Crippen LogP contribution in [0.5, 0.6) is 0 Å². The number of carbonyl (C=O) groups excluding carboxylic acids is 1. The number of carbonyl (C=O) groups is 1. The fourth-order valence-corrected chi connectivity index (χ4v) is 1.90. The molecule has 0 radical (unpaired) electrons. The predicted octanol–water partition coefficient (Wildman–Crippen LogP) is 3.18. The van der Waals surface area contributed by atoms with Gasteiger partial charge in [-0.3, -0.25) is 4.79 Å². The van der Waals surface area contributed by atoms with Crippen LogP contribution in [0.15, 0.2) is 12.1 Å². The molecule has 1 rings (SSSR count). The third-order valence-corrected chi connectivity index (χ3v) is 3.18. The summed E-state index contributed by atoms with van der Waals surface area (Å²) < 4.78 is 5.36. The Bertz CT molecular complexity index is 439. The molecule has 0 fully saturated rings. The second-order valence-corrected chi connectivity index (χ2v) is 5.20. The molecule has 1 atom stereocenters. The lowest BCUT2D eigenvalue weighted by atomic mass is 10.0. The van der Waals surface area contributed by atoms with Gasteiger partial charge < -0.3 is 10.1 Å². The lowest BCUT2D eigenvalue weighted by Gasteiger charge is -2.22. The first kappa shape index (κ1) is 16.2. The highest BCUT2D eigenvalue weighted by atomic mass is 35.5. The van der Waals surface area contributed by atoms with Crippen molar-refractivity contribution >= 4 is 29.1 Å². The molecule has 0 aliphatic rings. The molecule has 1 N–H and O–H groups in total. The molecule has 0 aliphatic heterocycles. The summed E-state index contributed by atoms with van der Waals surface area (Å²) in [6.45, 7) is 7.04. The summed E-state index contributed by atoms with van der Waals surface area (Å²) in [5, 5.41) is 3.26. The first-order valence-electron chi connectivity index (χ1n) is 6.16. The average Bonchev–Trinajstić information content (AvgIpc) is 2.33. The largest absolute Gasteiger partial charge is 0.380 e. The van der Waals surface area contributed by atoms with E-state index in [2.05, 4.69) is 10.3 Å². The number of hydrogen-bond acceptors (Lipinski definition) is 3. The van der Waals surface area contributed by atoms with E-state index in [4.69, 9.17) is 27.9 Å². The van der Waals surface area contributed by atoms with Crippen molar-refractivity contribution in [2.24, 2.45) is 5.92 Å². The minimum atomic E-state index is -0.271. The van der Waals surface area contributed by atoms with Gasteiger partial charge >= 0.3 is 0 Å². The minimum Gasteiger partial charge on any atom is -0.380 e. The van der Waals surface area contributed by atoms with Crippen molar-refractivity contribution in [3.63, 3.8) is 0 Å². The Kier molecular flexibility index (Phi) is 6.55. The molecule has 1 aromatic heterocycles. The molecule has 0 saturated carbocycles. The van der Waals surface area contributed by atoms with Gasteiger partial charge in [-0.1, -0.05) is 37.0 Å². The van der Waals surface area contributed by atoms with Crippen LogP contribution in [0.3, 0.4) is 0 Å². The third-order valence-electron chi connectivity index (χ3n) is 2.68. The first-order chi connectivity index (χ1) is 8.95. The van der Waals surface area contributed by atoms with Crippen molar-refractivity contribution in [2.75, 3.05) is 13.2 Å². The maximum atomic E-state index is 12.1. The zero-order valence-electron chi connectivity index (χ0n) is 11.2. The fraction of sp³-hybridized carbons (Fsp3) is 0.538. The van der Waals surface area contributed by atoms with Crippen molar-refractivity contribution < 1.29 is 9.53 Å². The number of ether oxygens (including phenoxy) is 1. The predicted molar refractivity (Wildman–Crippen MR) is 76.8 cm³/mol. The highest BCUT2D eigenvalue weighted by molar-refractivity contribution is 6.34. The van der Waals surface area contributed by atoms with Gasteiger partial charge in [0, 0.05) is 6.61 Å². The van der Waals surface area contributed by atoms with E-state index in [1.54, 1.807) is 6.07 Å². The molecule has 0 aliphatic carbocycles. The van der Waals surface area contributed by atoms with Crippen molar-refractivity contribution in [2.45, 2.75) is 26.8 Å². The van der Waals surface area contributed by atoms with Gasteiger partial charge in [0.15, 0.2) is 0 Å². The van der Waals surface area contributed by atoms with E-state index in [0.717, 1.165) is 0 Å². The van der Waals surface area contributed by atoms with E-state index >= 15 is 0 Å². The van der Waals surface area contributed by atoms with Gasteiger partial charge in [-0.15, -0.1) is 0 Å². The van der Waals surface area contributed by atoms with Crippen molar-refractivity contribution in [3.05, 3.63) is 28.0 Å². The fourth-order valence-electron chi connectivity index (χ4n) is 1.47. The molecule has 6 heteroatoms. The number of aromatic nitrogens is 1. The number of pyridine rings is 1. The zero-order valence-corrected chi connectivity index (χ0v) is 12.8. The molecule has 19 heavy (non-hydrogen) atoms. The Balaban J connectivity index is 2.76. The van der Waals surface area contributed by atoms with Crippen LogP contribution in [0.25, 0.3) is 0 Å². The summed E-state index contributed by atoms with van der Waals surface area (Å²) in [6, 6.07) is 3.03. The van der Waals surface area contributed by atoms with Gasteiger partial charge in [0.05, 0.1) is 18.2 Å². The minimum absolute atomic E-state index is 0.0702. The molecular weight excluding hydrogens is 287 g/mol. The number of amides is 1. The molecule has 1 heterocycles. The van der Waals surface area contributed by atoms with Gasteiger partial charge in [0.1, 0.15) is 10.3 Å². The van der Waals surface area contributed by atoms with Crippen LogP contribution in [-0.4, -0.2) is 30.1 Å². The number of nitrogens with zero attached hydrogens (tertiary/aromatic N) is 1. The van der Waals surface area contributed by atoms with Gasteiger partial charge in [0.25, 0.3) is 5.91 Å². The number of hydrogen-bond donors (Lipinski definition) is 1. The SMILES string of the molecule is CCOCC(NC(=O)c1ccc(Cl)nc1Cl)C(C)C. The Morgan fingerprint density at radius 1 is 1.42 bits per heavy atom. The van der Waals surface area contributed by atoms with E-state index < -0.39 is 0 Å². The van der Waals surface area contributed by atoms with Crippen LogP contribution in [0, 0.1) is 5.92 Å². The summed E-state index contributed by atoms with van der Waals surface area (Å²) in [4.78, 5) is 16.0. The van der Waals surface area contributed by atoms with Crippen LogP contribution in [0.2, 0.25) is 10.3 Å². The summed E-state index contributed by atoms with van der Waals surface area (Å²) >= 11 is 11.6. The molecule has 0 bridgehead atoms. The van der Waals surface area contributed by atoms with Crippen LogP contribution < -0.4 is 5.32 Å². The van der Waals surface area contributed by atoms with Crippen LogP contribution in [0.4, 0.5) is 0 Å². The van der Waals surface area contributed by atoms with E-state index in [0.29, 0.717) is 18.8 Å². The summed E-state index contributed by atoms with van der Waals surface area (Å²) in [7, 11) is 0. The Hall–Kier alpha value is -0.840. The van der Waals surface area contributed by atoms with Crippen molar-refractivity contribution in [3.8, 4) is 0 Å². The second-order valence-electron chi connectivity index (χ2n) is 4.46. The lowest BCUT2D eigenvalue weighted by molar-refractivity contribution is 0.0806. The molecule has 1 amide bonds. The number of rotatable bonds is 6. The summed E-state index contributed by atoms with van der Waals surface area (Å²) in [5.41, 5.74) is 0.313. The highest BCUT2D eigenvalue weighted by Crippen LogP contribution is 2.17. The molecule has 106 valence electrons. The quantitative estimate of drug-likeness (QED) is 0.821. The van der Waals surface area contributed by atoms with E-state index in [-0.39, 0.29) is 28.2 Å². The Labute approximate surface area is 123 Å². The number of halogens is 2. The van der Waals surface area contributed by atoms with Gasteiger partial charge in [-0.2, -0.15) is 0 Å². The zero-order chi connectivity index (χ0) is 14.4. The molecular formula is C13H18Cl2N2O2. The van der Waals surface area contributed by atoms with Gasteiger partial charge in [-0.05, 0) is 25.0 Å². The molecule has 4 nitrogen and oxygen atoms in total. The first-order valence-corrected chi connectivity index (χ1v) is 6.92. The molecule has 0 saturated heterocycles. The lowest BCUT2D eigenvalue weighted by Crippen LogP contribution is -2.42. The molecule has 1 unspecified atom stereocenters. The standard InChI is InChI=1S/C13H18Cl2N2O2/c1-4-19-7-10(8(2)3)16-13(18)9-5-6-11(14)17-12(9)15/h5-6,8,10H,4,7H2,1-3H3,(H,16,18). The molecule has 0 spiro atoms. The third kappa shape index (κ3) is 4.97. The smallest absolute Gasteiger partial charge is 0.254 e. The Morgan fingerprint density at radius 3 is 2.63 bits per heavy atom. The maximum absolute atomic E-state index is 12.1. The summed E-state index contributed by atoms with van der Waals surface area (Å²) in [5.74, 6) is -0.0119. The van der Waals surface area contributed by atoms with Gasteiger partial charge in [-0.25, -0.2) is 4.98 Å². The second kappa shape index (κ2) is 7.68. The van der Waals surface area contributed by atoms with Crippen LogP contribution >= 0.6 is 23.2 Å². The normalized spacial score (nSPS) is 12.5. The molecule has 0 aromatic carbocycles. The van der Waals surface area contributed by atoms with Crippen molar-refractivity contribution in [1.29, 1.82) is 0 Å². The molecule has 1 aromatic rings. The van der Waals surface area contributed by atoms with Crippen LogP contribution in [0.1, 0.15) is 31.1 Å². The highest BCUT2D eigenvalue weighted by Gasteiger charge is 2.19. The summed E-state index contributed by atoms with van der Waals surface area (Å²) in [6.07, 6.45) is 0. The average molecular weight is 305 g/mol. The maximum Gasteiger partial charge on any atom is 0.254 e. The number of nitrogens with one attached hydrogen (secondary N) is 1. The topological polar surface area (TPSA) is 51.2 Å².